The van der Waals surface area contributed by atoms with Gasteiger partial charge in [0.2, 0.25) is 0 Å². The second-order valence-electron chi connectivity index (χ2n) is 2.42. The molecule has 2 aliphatic rings. The number of allylic oxidation sites excluding steroid dienone is 6. The van der Waals surface area contributed by atoms with E-state index in [0.717, 1.165) is 11.1 Å². The summed E-state index contributed by atoms with van der Waals surface area (Å²) in [4.78, 5) is 0. The Hall–Kier alpha value is -1.31. The highest BCUT2D eigenvalue weighted by Crippen LogP contribution is 2.25. The molecule has 0 bridgehead atoms. The molecule has 1 aliphatic heterocycles. The number of rotatable bonds is 0. The van der Waals surface area contributed by atoms with Crippen LogP contribution in [0.2, 0.25) is 0 Å². The maximum Gasteiger partial charge on any atom is 0.189 e. The minimum absolute atomic E-state index is 0.191. The van der Waals surface area contributed by atoms with Crippen LogP contribution in [-0.2, 0) is 0 Å². The first-order chi connectivity index (χ1) is 5.36. The van der Waals surface area contributed by atoms with E-state index >= 15 is 0 Å². The van der Waals surface area contributed by atoms with Gasteiger partial charge < -0.3 is 5.32 Å². The van der Waals surface area contributed by atoms with Crippen molar-refractivity contribution in [3.05, 3.63) is 54.0 Å². The van der Waals surface area contributed by atoms with Gasteiger partial charge in [0.05, 0.1) is 0 Å². The van der Waals surface area contributed by atoms with Gasteiger partial charge in [-0.2, -0.15) is 0 Å². The van der Waals surface area contributed by atoms with Gasteiger partial charge in [-0.15, -0.1) is 0 Å². The molecule has 1 nitrogen and oxygen atoms in total. The number of hydrogen-bond donors (Lipinski definition) is 1. The van der Waals surface area contributed by atoms with Gasteiger partial charge in [-0.25, -0.2) is 4.39 Å². The van der Waals surface area contributed by atoms with E-state index in [4.69, 9.17) is 0 Å². The molecule has 1 heterocycles. The van der Waals surface area contributed by atoms with E-state index in [-0.39, 0.29) is 6.17 Å². The Labute approximate surface area is 64.6 Å². The lowest BCUT2D eigenvalue weighted by Gasteiger charge is -2.13. The highest BCUT2D eigenvalue weighted by Gasteiger charge is 2.11. The molecule has 0 fully saturated rings. The van der Waals surface area contributed by atoms with Crippen LogP contribution >= 0.6 is 0 Å². The first-order valence-corrected chi connectivity index (χ1v) is 3.42. The molecule has 55 valence electrons. The fourth-order valence-corrected chi connectivity index (χ4v) is 1.10. The van der Waals surface area contributed by atoms with Crippen molar-refractivity contribution in [1.82, 2.24) is 5.32 Å². The third kappa shape index (κ3) is 1.11. The number of halogens is 1. The molecular formula is C9H7FN. The molecule has 0 aromatic carbocycles. The fourth-order valence-electron chi connectivity index (χ4n) is 1.10. The predicted octanol–water partition coefficient (Wildman–Crippen LogP) is 1.98. The van der Waals surface area contributed by atoms with Crippen LogP contribution in [0, 0.1) is 6.17 Å². The van der Waals surface area contributed by atoms with Crippen molar-refractivity contribution in [2.75, 3.05) is 0 Å². The molecule has 11 heavy (non-hydrogen) atoms. The van der Waals surface area contributed by atoms with E-state index in [9.17, 15) is 4.39 Å². The summed E-state index contributed by atoms with van der Waals surface area (Å²) in [6, 6.07) is 0. The molecule has 0 unspecified atom stereocenters. The van der Waals surface area contributed by atoms with Crippen molar-refractivity contribution in [3.63, 3.8) is 0 Å². The Kier molecular flexibility index (Phi) is 1.39. The SMILES string of the molecule is F[C]1C=CC2=CNC=CC2=C1. The average molecular weight is 148 g/mol. The van der Waals surface area contributed by atoms with E-state index in [0.29, 0.717) is 0 Å². The summed E-state index contributed by atoms with van der Waals surface area (Å²) in [5.41, 5.74) is 1.94. The molecule has 2 heteroatoms. The number of nitrogens with one attached hydrogen (secondary N) is 1. The molecule has 1 aliphatic carbocycles. The Bertz CT molecular complexity index is 284. The number of dihydropyridines is 1. The zero-order chi connectivity index (χ0) is 7.68. The van der Waals surface area contributed by atoms with Crippen LogP contribution in [0.15, 0.2) is 47.9 Å². The van der Waals surface area contributed by atoms with E-state index in [1.165, 1.54) is 12.2 Å². The third-order valence-corrected chi connectivity index (χ3v) is 1.65. The van der Waals surface area contributed by atoms with E-state index in [1.807, 2.05) is 12.3 Å². The normalized spacial score (nSPS) is 21.9. The van der Waals surface area contributed by atoms with Gasteiger partial charge in [-0.1, -0.05) is 6.08 Å². The van der Waals surface area contributed by atoms with Crippen molar-refractivity contribution in [1.29, 1.82) is 0 Å². The first kappa shape index (κ1) is 6.40. The molecule has 0 amide bonds. The Morgan fingerprint density at radius 1 is 1.09 bits per heavy atom. The number of fused-ring (bicyclic) bond motifs is 1. The summed E-state index contributed by atoms with van der Waals surface area (Å²) < 4.78 is 12.6. The lowest BCUT2D eigenvalue weighted by atomic mass is 9.98. The zero-order valence-electron chi connectivity index (χ0n) is 5.84. The van der Waals surface area contributed by atoms with E-state index in [2.05, 4.69) is 5.32 Å². The maximum atomic E-state index is 12.6. The Balaban J connectivity index is 2.36. The Morgan fingerprint density at radius 2 is 2.00 bits per heavy atom. The molecule has 0 saturated carbocycles. The van der Waals surface area contributed by atoms with Crippen molar-refractivity contribution in [2.24, 2.45) is 0 Å². The first-order valence-electron chi connectivity index (χ1n) is 3.42. The summed E-state index contributed by atoms with van der Waals surface area (Å²) in [6.07, 6.45) is 10.00. The highest BCUT2D eigenvalue weighted by atomic mass is 19.1. The summed E-state index contributed by atoms with van der Waals surface area (Å²) in [6.45, 7) is 0. The molecule has 0 saturated heterocycles. The topological polar surface area (TPSA) is 12.0 Å². The Morgan fingerprint density at radius 3 is 2.91 bits per heavy atom. The zero-order valence-corrected chi connectivity index (χ0v) is 5.84. The van der Waals surface area contributed by atoms with Gasteiger partial charge in [0, 0.05) is 12.4 Å². The minimum Gasteiger partial charge on any atom is -0.367 e. The molecule has 0 aromatic heterocycles. The highest BCUT2D eigenvalue weighted by molar-refractivity contribution is 5.54. The van der Waals surface area contributed by atoms with Crippen molar-refractivity contribution >= 4 is 0 Å². The van der Waals surface area contributed by atoms with Crippen molar-refractivity contribution < 1.29 is 4.39 Å². The summed E-state index contributed by atoms with van der Waals surface area (Å²) in [5, 5.41) is 2.93. The largest absolute Gasteiger partial charge is 0.367 e. The van der Waals surface area contributed by atoms with Gasteiger partial charge >= 0.3 is 0 Å². The van der Waals surface area contributed by atoms with Crippen LogP contribution in [0.25, 0.3) is 0 Å². The summed E-state index contributed by atoms with van der Waals surface area (Å²) in [5.74, 6) is 0. The van der Waals surface area contributed by atoms with Crippen LogP contribution in [0.3, 0.4) is 0 Å². The van der Waals surface area contributed by atoms with Gasteiger partial charge in [0.25, 0.3) is 0 Å². The molecule has 1 radical (unpaired) electrons. The van der Waals surface area contributed by atoms with Crippen LogP contribution in [-0.4, -0.2) is 0 Å². The van der Waals surface area contributed by atoms with E-state index in [1.54, 1.807) is 12.3 Å². The van der Waals surface area contributed by atoms with Gasteiger partial charge in [-0.05, 0) is 29.4 Å². The van der Waals surface area contributed by atoms with Gasteiger partial charge in [0.1, 0.15) is 0 Å². The molecule has 0 spiro atoms. The smallest absolute Gasteiger partial charge is 0.189 e. The van der Waals surface area contributed by atoms with Crippen LogP contribution in [0.5, 0.6) is 0 Å². The molecule has 0 aromatic rings. The third-order valence-electron chi connectivity index (χ3n) is 1.65. The van der Waals surface area contributed by atoms with Crippen LogP contribution < -0.4 is 5.32 Å². The number of hydrogen-bond acceptors (Lipinski definition) is 1. The second-order valence-corrected chi connectivity index (χ2v) is 2.42. The average Bonchev–Trinajstić information content (AvgIpc) is 2.04. The van der Waals surface area contributed by atoms with Crippen molar-refractivity contribution in [2.45, 2.75) is 0 Å². The molecule has 0 atom stereocenters. The quantitative estimate of drug-likeness (QED) is 0.554. The van der Waals surface area contributed by atoms with E-state index < -0.39 is 0 Å². The lowest BCUT2D eigenvalue weighted by Crippen LogP contribution is -2.04. The second kappa shape index (κ2) is 2.38. The minimum atomic E-state index is -0.191. The standard InChI is InChI=1S/C9H7FN/c10-9-2-1-8-6-11-4-3-7(8)5-9/h1-6,11H. The van der Waals surface area contributed by atoms with Crippen molar-refractivity contribution in [3.8, 4) is 0 Å². The fraction of sp³-hybridized carbons (Fsp3) is 0. The lowest BCUT2D eigenvalue weighted by molar-refractivity contribution is 0.585. The molecule has 2 rings (SSSR count). The van der Waals surface area contributed by atoms with Gasteiger partial charge in [-0.3, -0.25) is 0 Å². The van der Waals surface area contributed by atoms with Crippen LogP contribution in [0.4, 0.5) is 4.39 Å². The molecular weight excluding hydrogens is 141 g/mol. The summed E-state index contributed by atoms with van der Waals surface area (Å²) in [7, 11) is 0. The molecule has 1 N–H and O–H groups in total. The maximum absolute atomic E-state index is 12.6. The van der Waals surface area contributed by atoms with Gasteiger partial charge in [0.15, 0.2) is 6.17 Å². The van der Waals surface area contributed by atoms with Crippen LogP contribution in [0.1, 0.15) is 0 Å². The summed E-state index contributed by atoms with van der Waals surface area (Å²) >= 11 is 0. The monoisotopic (exact) mass is 148 g/mol. The predicted molar refractivity (Wildman–Crippen MR) is 41.9 cm³/mol.